The van der Waals surface area contributed by atoms with E-state index in [4.69, 9.17) is 5.11 Å². The molecule has 8 heteroatoms. The molecule has 0 aromatic rings. The lowest BCUT2D eigenvalue weighted by molar-refractivity contribution is -0.141. The highest BCUT2D eigenvalue weighted by atomic mass is 16.5. The first-order valence-electron chi connectivity index (χ1n) is 7.00. The number of carbonyl (C=O) groups is 3. The number of amides is 3. The van der Waals surface area contributed by atoms with Crippen LogP contribution in [0.1, 0.15) is 20.3 Å². The van der Waals surface area contributed by atoms with E-state index in [2.05, 4.69) is 10.1 Å². The van der Waals surface area contributed by atoms with E-state index >= 15 is 0 Å². The summed E-state index contributed by atoms with van der Waals surface area (Å²) in [4.78, 5) is 37.5. The molecule has 0 aromatic heterocycles. The molecule has 1 rings (SSSR count). The number of nitrogens with one attached hydrogen (secondary N) is 1. The Bertz CT molecular complexity index is 401. The summed E-state index contributed by atoms with van der Waals surface area (Å²) in [5.41, 5.74) is 0. The van der Waals surface area contributed by atoms with E-state index in [9.17, 15) is 14.4 Å². The van der Waals surface area contributed by atoms with Gasteiger partial charge in [-0.25, -0.2) is 9.59 Å². The Hall–Kier alpha value is -1.99. The molecule has 1 fully saturated rings. The minimum absolute atomic E-state index is 0.128. The van der Waals surface area contributed by atoms with Crippen LogP contribution in [0.5, 0.6) is 0 Å². The molecule has 0 spiro atoms. The second-order valence-electron chi connectivity index (χ2n) is 5.13. The predicted molar refractivity (Wildman–Crippen MR) is 75.0 cm³/mol. The molecule has 1 aliphatic rings. The summed E-state index contributed by atoms with van der Waals surface area (Å²) in [5, 5.41) is 11.6. The molecule has 0 bridgehead atoms. The van der Waals surface area contributed by atoms with Gasteiger partial charge in [-0.1, -0.05) is 6.92 Å². The molecular formula is C13H23N3O5. The van der Waals surface area contributed by atoms with E-state index in [1.165, 1.54) is 12.0 Å². The molecule has 1 heterocycles. The largest absolute Gasteiger partial charge is 0.481 e. The van der Waals surface area contributed by atoms with Gasteiger partial charge in [-0.05, 0) is 13.3 Å². The van der Waals surface area contributed by atoms with Crippen molar-refractivity contribution in [1.29, 1.82) is 0 Å². The van der Waals surface area contributed by atoms with Crippen LogP contribution < -0.4 is 5.32 Å². The van der Waals surface area contributed by atoms with E-state index < -0.39 is 18.0 Å². The van der Waals surface area contributed by atoms with Gasteiger partial charge >= 0.3 is 18.1 Å². The number of alkyl carbamates (subject to hydrolysis) is 1. The molecule has 0 aromatic carbocycles. The maximum absolute atomic E-state index is 12.4. The first-order chi connectivity index (χ1) is 9.88. The van der Waals surface area contributed by atoms with Gasteiger partial charge < -0.3 is 25.0 Å². The Balaban J connectivity index is 2.54. The SMILES string of the molecule is CCN(CC(C)C(=O)O)C(=O)N1CCC(NC(=O)OC)C1. The minimum Gasteiger partial charge on any atom is -0.481 e. The van der Waals surface area contributed by atoms with Crippen molar-refractivity contribution in [1.82, 2.24) is 15.1 Å². The standard InChI is InChI=1S/C13H23N3O5/c1-4-15(7-9(2)11(17)18)13(20)16-6-5-10(8-16)14-12(19)21-3/h9-10H,4-8H2,1-3H3,(H,14,19)(H,17,18). The highest BCUT2D eigenvalue weighted by Crippen LogP contribution is 2.13. The zero-order chi connectivity index (χ0) is 16.0. The van der Waals surface area contributed by atoms with Gasteiger partial charge in [0.2, 0.25) is 0 Å². The van der Waals surface area contributed by atoms with Crippen LogP contribution in [0, 0.1) is 5.92 Å². The molecular weight excluding hydrogens is 278 g/mol. The normalized spacial score (nSPS) is 19.0. The molecule has 0 saturated carbocycles. The number of ether oxygens (including phenoxy) is 1. The number of urea groups is 1. The summed E-state index contributed by atoms with van der Waals surface area (Å²) >= 11 is 0. The second-order valence-corrected chi connectivity index (χ2v) is 5.13. The van der Waals surface area contributed by atoms with Gasteiger partial charge in [0.25, 0.3) is 0 Å². The Morgan fingerprint density at radius 2 is 2.14 bits per heavy atom. The Morgan fingerprint density at radius 1 is 1.48 bits per heavy atom. The van der Waals surface area contributed by atoms with Crippen LogP contribution in [0.2, 0.25) is 0 Å². The van der Waals surface area contributed by atoms with Crippen LogP contribution in [-0.2, 0) is 9.53 Å². The quantitative estimate of drug-likeness (QED) is 0.774. The number of hydrogen-bond donors (Lipinski definition) is 2. The number of carbonyl (C=O) groups excluding carboxylic acids is 2. The minimum atomic E-state index is -0.923. The fourth-order valence-electron chi connectivity index (χ4n) is 2.23. The average Bonchev–Trinajstić information content (AvgIpc) is 2.91. The fraction of sp³-hybridized carbons (Fsp3) is 0.769. The molecule has 21 heavy (non-hydrogen) atoms. The monoisotopic (exact) mass is 301 g/mol. The van der Waals surface area contributed by atoms with Crippen molar-refractivity contribution in [2.45, 2.75) is 26.3 Å². The lowest BCUT2D eigenvalue weighted by Gasteiger charge is -2.28. The number of methoxy groups -OCH3 is 1. The van der Waals surface area contributed by atoms with E-state index in [1.807, 2.05) is 6.92 Å². The maximum Gasteiger partial charge on any atom is 0.407 e. The summed E-state index contributed by atoms with van der Waals surface area (Å²) in [7, 11) is 1.29. The van der Waals surface area contributed by atoms with E-state index in [-0.39, 0.29) is 18.6 Å². The van der Waals surface area contributed by atoms with Crippen LogP contribution in [0.3, 0.4) is 0 Å². The van der Waals surface area contributed by atoms with Crippen LogP contribution >= 0.6 is 0 Å². The smallest absolute Gasteiger partial charge is 0.407 e. The van der Waals surface area contributed by atoms with Crippen LogP contribution in [0.25, 0.3) is 0 Å². The Kier molecular flexibility index (Phi) is 6.26. The lowest BCUT2D eigenvalue weighted by atomic mass is 10.2. The van der Waals surface area contributed by atoms with Crippen molar-refractivity contribution in [3.8, 4) is 0 Å². The van der Waals surface area contributed by atoms with E-state index in [0.717, 1.165) is 0 Å². The molecule has 120 valence electrons. The fourth-order valence-corrected chi connectivity index (χ4v) is 2.23. The van der Waals surface area contributed by atoms with Crippen LogP contribution in [-0.4, -0.2) is 72.3 Å². The number of carboxylic acid groups (broad SMARTS) is 1. The zero-order valence-electron chi connectivity index (χ0n) is 12.7. The third-order valence-corrected chi connectivity index (χ3v) is 3.53. The van der Waals surface area contributed by atoms with Gasteiger partial charge in [-0.2, -0.15) is 0 Å². The summed E-state index contributed by atoms with van der Waals surface area (Å²) in [6.07, 6.45) is 0.147. The predicted octanol–water partition coefficient (Wildman–Crippen LogP) is 0.579. The number of aliphatic carboxylic acids is 1. The first-order valence-corrected chi connectivity index (χ1v) is 7.00. The molecule has 1 aliphatic heterocycles. The first kappa shape index (κ1) is 17.1. The summed E-state index contributed by atoms with van der Waals surface area (Å²) in [5.74, 6) is -1.53. The highest BCUT2D eigenvalue weighted by Gasteiger charge is 2.30. The number of rotatable bonds is 5. The summed E-state index contributed by atoms with van der Waals surface area (Å²) in [6.45, 7) is 4.95. The molecule has 3 amide bonds. The van der Waals surface area contributed by atoms with Gasteiger partial charge in [-0.15, -0.1) is 0 Å². The molecule has 8 nitrogen and oxygen atoms in total. The second kappa shape index (κ2) is 7.70. The Labute approximate surface area is 124 Å². The highest BCUT2D eigenvalue weighted by molar-refractivity contribution is 5.76. The van der Waals surface area contributed by atoms with Gasteiger partial charge in [0.1, 0.15) is 0 Å². The van der Waals surface area contributed by atoms with Gasteiger partial charge in [0, 0.05) is 26.2 Å². The average molecular weight is 301 g/mol. The topological polar surface area (TPSA) is 99.2 Å². The third-order valence-electron chi connectivity index (χ3n) is 3.53. The summed E-state index contributed by atoms with van der Waals surface area (Å²) < 4.78 is 4.53. The Morgan fingerprint density at radius 3 is 2.67 bits per heavy atom. The van der Waals surface area contributed by atoms with Crippen molar-refractivity contribution < 1.29 is 24.2 Å². The van der Waals surface area contributed by atoms with Gasteiger partial charge in [-0.3, -0.25) is 4.79 Å². The number of likely N-dealkylation sites (tertiary alicyclic amines) is 1. The molecule has 2 unspecified atom stereocenters. The van der Waals surface area contributed by atoms with Gasteiger partial charge in [0.15, 0.2) is 0 Å². The lowest BCUT2D eigenvalue weighted by Crippen LogP contribution is -2.46. The zero-order valence-corrected chi connectivity index (χ0v) is 12.7. The number of carboxylic acids is 1. The molecule has 0 radical (unpaired) electrons. The molecule has 2 N–H and O–H groups in total. The van der Waals surface area contributed by atoms with Crippen molar-refractivity contribution in [3.05, 3.63) is 0 Å². The summed E-state index contributed by atoms with van der Waals surface area (Å²) in [6, 6.07) is -0.322. The molecule has 2 atom stereocenters. The third kappa shape index (κ3) is 4.80. The van der Waals surface area contributed by atoms with Crippen molar-refractivity contribution in [3.63, 3.8) is 0 Å². The van der Waals surface area contributed by atoms with E-state index in [0.29, 0.717) is 26.1 Å². The molecule has 1 saturated heterocycles. The van der Waals surface area contributed by atoms with Gasteiger partial charge in [0.05, 0.1) is 19.1 Å². The van der Waals surface area contributed by atoms with Crippen LogP contribution in [0.15, 0.2) is 0 Å². The maximum atomic E-state index is 12.4. The van der Waals surface area contributed by atoms with Crippen molar-refractivity contribution in [2.24, 2.45) is 5.92 Å². The molecule has 0 aliphatic carbocycles. The van der Waals surface area contributed by atoms with Crippen molar-refractivity contribution in [2.75, 3.05) is 33.3 Å². The number of hydrogen-bond acceptors (Lipinski definition) is 4. The van der Waals surface area contributed by atoms with Crippen LogP contribution in [0.4, 0.5) is 9.59 Å². The van der Waals surface area contributed by atoms with E-state index in [1.54, 1.807) is 11.8 Å². The number of nitrogens with zero attached hydrogens (tertiary/aromatic N) is 2. The van der Waals surface area contributed by atoms with Crippen molar-refractivity contribution >= 4 is 18.1 Å².